The van der Waals surface area contributed by atoms with Gasteiger partial charge < -0.3 is 9.84 Å². The van der Waals surface area contributed by atoms with Crippen LogP contribution in [0.3, 0.4) is 0 Å². The fourth-order valence-electron chi connectivity index (χ4n) is 1.06. The number of phenols is 1. The molecule has 0 radical (unpaired) electrons. The highest BCUT2D eigenvalue weighted by Crippen LogP contribution is 2.12. The highest BCUT2D eigenvalue weighted by molar-refractivity contribution is 5.87. The standard InChI is InChI=1S/C12H14O3/c1-9(2)15-12(14)7-6-10-4-3-5-11(13)8-10/h3-9,13H,1-2H3/b7-6+. The van der Waals surface area contributed by atoms with E-state index in [0.29, 0.717) is 0 Å². The van der Waals surface area contributed by atoms with Crippen LogP contribution >= 0.6 is 0 Å². The van der Waals surface area contributed by atoms with Crippen LogP contribution in [0.2, 0.25) is 0 Å². The molecule has 1 aromatic carbocycles. The first-order valence-corrected chi connectivity index (χ1v) is 4.75. The van der Waals surface area contributed by atoms with Crippen LogP contribution in [0.5, 0.6) is 5.75 Å². The molecule has 0 amide bonds. The molecule has 0 aliphatic rings. The van der Waals surface area contributed by atoms with Gasteiger partial charge in [0.15, 0.2) is 0 Å². The van der Waals surface area contributed by atoms with E-state index in [1.165, 1.54) is 6.08 Å². The molecular weight excluding hydrogens is 192 g/mol. The largest absolute Gasteiger partial charge is 0.508 e. The number of rotatable bonds is 3. The normalized spacial score (nSPS) is 10.9. The van der Waals surface area contributed by atoms with Gasteiger partial charge in [0.25, 0.3) is 0 Å². The number of phenolic OH excluding ortho intramolecular Hbond substituents is 1. The van der Waals surface area contributed by atoms with Gasteiger partial charge in [-0.2, -0.15) is 0 Å². The quantitative estimate of drug-likeness (QED) is 0.610. The maximum Gasteiger partial charge on any atom is 0.331 e. The second kappa shape index (κ2) is 5.20. The van der Waals surface area contributed by atoms with Gasteiger partial charge in [-0.15, -0.1) is 0 Å². The van der Waals surface area contributed by atoms with Crippen molar-refractivity contribution in [2.24, 2.45) is 0 Å². The number of carbonyl (C=O) groups excluding carboxylic acids is 1. The molecule has 0 aliphatic carbocycles. The van der Waals surface area contributed by atoms with Crippen molar-refractivity contribution in [2.75, 3.05) is 0 Å². The lowest BCUT2D eigenvalue weighted by Gasteiger charge is -2.03. The van der Waals surface area contributed by atoms with Gasteiger partial charge in [-0.3, -0.25) is 0 Å². The Hall–Kier alpha value is -1.77. The summed E-state index contributed by atoms with van der Waals surface area (Å²) in [4.78, 5) is 11.1. The number of aromatic hydroxyl groups is 1. The second-order valence-corrected chi connectivity index (χ2v) is 3.41. The third-order valence-electron chi connectivity index (χ3n) is 1.63. The molecule has 0 spiro atoms. The van der Waals surface area contributed by atoms with Crippen LogP contribution in [0, 0.1) is 0 Å². The molecule has 0 fully saturated rings. The molecule has 1 rings (SSSR count). The van der Waals surface area contributed by atoms with Crippen molar-refractivity contribution in [3.63, 3.8) is 0 Å². The van der Waals surface area contributed by atoms with Crippen LogP contribution < -0.4 is 0 Å². The maximum absolute atomic E-state index is 11.1. The third-order valence-corrected chi connectivity index (χ3v) is 1.63. The molecule has 0 aliphatic heterocycles. The van der Waals surface area contributed by atoms with Crippen LogP contribution in [0.1, 0.15) is 19.4 Å². The van der Waals surface area contributed by atoms with E-state index in [4.69, 9.17) is 4.74 Å². The van der Waals surface area contributed by atoms with E-state index in [0.717, 1.165) is 5.56 Å². The molecule has 0 aromatic heterocycles. The minimum absolute atomic E-state index is 0.119. The van der Waals surface area contributed by atoms with Crippen LogP contribution in [0.25, 0.3) is 6.08 Å². The predicted octanol–water partition coefficient (Wildman–Crippen LogP) is 2.36. The lowest BCUT2D eigenvalue weighted by molar-refractivity contribution is -0.141. The molecule has 0 heterocycles. The molecule has 15 heavy (non-hydrogen) atoms. The van der Waals surface area contributed by atoms with E-state index >= 15 is 0 Å². The van der Waals surface area contributed by atoms with Crippen LogP contribution in [-0.2, 0) is 9.53 Å². The summed E-state index contributed by atoms with van der Waals surface area (Å²) in [7, 11) is 0. The molecule has 0 saturated heterocycles. The first-order valence-electron chi connectivity index (χ1n) is 4.75. The Kier molecular flexibility index (Phi) is 3.92. The summed E-state index contributed by atoms with van der Waals surface area (Å²) >= 11 is 0. The number of carbonyl (C=O) groups is 1. The average molecular weight is 206 g/mol. The fourth-order valence-corrected chi connectivity index (χ4v) is 1.06. The molecule has 0 atom stereocenters. The van der Waals surface area contributed by atoms with E-state index in [9.17, 15) is 9.90 Å². The Morgan fingerprint density at radius 3 is 2.80 bits per heavy atom. The van der Waals surface area contributed by atoms with Gasteiger partial charge in [-0.05, 0) is 37.6 Å². The summed E-state index contributed by atoms with van der Waals surface area (Å²) < 4.78 is 4.91. The van der Waals surface area contributed by atoms with E-state index in [2.05, 4.69) is 0 Å². The van der Waals surface area contributed by atoms with E-state index in [1.54, 1.807) is 44.2 Å². The van der Waals surface area contributed by atoms with Crippen LogP contribution in [-0.4, -0.2) is 17.2 Å². The van der Waals surface area contributed by atoms with Crippen LogP contribution in [0.15, 0.2) is 30.3 Å². The average Bonchev–Trinajstić information content (AvgIpc) is 2.14. The Bertz CT molecular complexity index is 367. The number of hydrogen-bond acceptors (Lipinski definition) is 3. The van der Waals surface area contributed by atoms with Gasteiger partial charge >= 0.3 is 5.97 Å². The van der Waals surface area contributed by atoms with Gasteiger partial charge in [0.2, 0.25) is 0 Å². The third kappa shape index (κ3) is 4.31. The first kappa shape index (κ1) is 11.3. The molecular formula is C12H14O3. The highest BCUT2D eigenvalue weighted by atomic mass is 16.5. The number of ether oxygens (including phenoxy) is 1. The van der Waals surface area contributed by atoms with Crippen molar-refractivity contribution < 1.29 is 14.6 Å². The lowest BCUT2D eigenvalue weighted by atomic mass is 10.2. The molecule has 0 bridgehead atoms. The van der Waals surface area contributed by atoms with Crippen molar-refractivity contribution in [1.29, 1.82) is 0 Å². The summed E-state index contributed by atoms with van der Waals surface area (Å²) in [5.74, 6) is -0.206. The van der Waals surface area contributed by atoms with Crippen molar-refractivity contribution in [3.8, 4) is 5.75 Å². The first-order chi connectivity index (χ1) is 7.08. The zero-order valence-corrected chi connectivity index (χ0v) is 8.81. The monoisotopic (exact) mass is 206 g/mol. The Balaban J connectivity index is 2.61. The SMILES string of the molecule is CC(C)OC(=O)/C=C/c1cccc(O)c1. The van der Waals surface area contributed by atoms with Gasteiger partial charge in [-0.1, -0.05) is 12.1 Å². The lowest BCUT2D eigenvalue weighted by Crippen LogP contribution is -2.08. The Labute approximate surface area is 89.0 Å². The Morgan fingerprint density at radius 1 is 1.47 bits per heavy atom. The number of hydrogen-bond donors (Lipinski definition) is 1. The van der Waals surface area contributed by atoms with E-state index < -0.39 is 0 Å². The topological polar surface area (TPSA) is 46.5 Å². The van der Waals surface area contributed by atoms with Gasteiger partial charge in [0, 0.05) is 6.08 Å². The molecule has 1 aromatic rings. The zero-order valence-electron chi connectivity index (χ0n) is 8.81. The minimum atomic E-state index is -0.381. The molecule has 0 saturated carbocycles. The van der Waals surface area contributed by atoms with Gasteiger partial charge in [0.05, 0.1) is 6.10 Å². The summed E-state index contributed by atoms with van der Waals surface area (Å²) in [6.45, 7) is 3.58. The van der Waals surface area contributed by atoms with Crippen molar-refractivity contribution in [2.45, 2.75) is 20.0 Å². The number of benzene rings is 1. The van der Waals surface area contributed by atoms with Gasteiger partial charge in [-0.25, -0.2) is 4.79 Å². The predicted molar refractivity (Wildman–Crippen MR) is 58.4 cm³/mol. The molecule has 0 unspecified atom stereocenters. The summed E-state index contributed by atoms with van der Waals surface area (Å²) in [6, 6.07) is 6.64. The fraction of sp³-hybridized carbons (Fsp3) is 0.250. The van der Waals surface area contributed by atoms with Crippen molar-refractivity contribution in [3.05, 3.63) is 35.9 Å². The summed E-state index contributed by atoms with van der Waals surface area (Å²) in [6.07, 6.45) is 2.82. The Morgan fingerprint density at radius 2 is 2.20 bits per heavy atom. The summed E-state index contributed by atoms with van der Waals surface area (Å²) in [5, 5.41) is 9.17. The molecule has 3 heteroatoms. The van der Waals surface area contributed by atoms with Crippen LogP contribution in [0.4, 0.5) is 0 Å². The molecule has 3 nitrogen and oxygen atoms in total. The smallest absolute Gasteiger partial charge is 0.331 e. The second-order valence-electron chi connectivity index (χ2n) is 3.41. The highest BCUT2D eigenvalue weighted by Gasteiger charge is 1.99. The number of esters is 1. The molecule has 80 valence electrons. The maximum atomic E-state index is 11.1. The zero-order chi connectivity index (χ0) is 11.3. The van der Waals surface area contributed by atoms with E-state index in [-0.39, 0.29) is 17.8 Å². The van der Waals surface area contributed by atoms with E-state index in [1.807, 2.05) is 0 Å². The van der Waals surface area contributed by atoms with Crippen molar-refractivity contribution in [1.82, 2.24) is 0 Å². The van der Waals surface area contributed by atoms with Gasteiger partial charge in [0.1, 0.15) is 5.75 Å². The minimum Gasteiger partial charge on any atom is -0.508 e. The summed E-state index contributed by atoms with van der Waals surface area (Å²) in [5.41, 5.74) is 0.760. The molecule has 1 N–H and O–H groups in total. The van der Waals surface area contributed by atoms with Crippen molar-refractivity contribution >= 4 is 12.0 Å².